The Labute approximate surface area is 75.8 Å². The maximum Gasteiger partial charge on any atom is 0.433 e. The van der Waals surface area contributed by atoms with Gasteiger partial charge in [0.15, 0.2) is 0 Å². The lowest BCUT2D eigenvalue weighted by atomic mass is 10.3. The zero-order valence-electron chi connectivity index (χ0n) is 7.37. The number of aromatic nitrogens is 1. The number of hydrogen-bond acceptors (Lipinski definition) is 1. The Kier molecular flexibility index (Phi) is 2.09. The van der Waals surface area contributed by atoms with Crippen LogP contribution in [0.4, 0.5) is 26.3 Å². The van der Waals surface area contributed by atoms with E-state index >= 15 is 0 Å². The molecule has 1 rings (SSSR count). The zero-order valence-corrected chi connectivity index (χ0v) is 6.37. The minimum absolute atomic E-state index is 0.231. The molecule has 0 bridgehead atoms. The summed E-state index contributed by atoms with van der Waals surface area (Å²) in [5.74, 6) is 0. The van der Waals surface area contributed by atoms with Crippen molar-refractivity contribution in [2.24, 2.45) is 0 Å². The molecule has 78 valence electrons. The van der Waals surface area contributed by atoms with Crippen molar-refractivity contribution >= 4 is 0 Å². The zero-order chi connectivity index (χ0) is 11.9. The highest BCUT2D eigenvalue weighted by Gasteiger charge is 2.37. The maximum atomic E-state index is 12.0. The van der Waals surface area contributed by atoms with E-state index < -0.39 is 29.8 Å². The van der Waals surface area contributed by atoms with E-state index in [9.17, 15) is 26.3 Å². The first kappa shape index (κ1) is 9.29. The molecule has 0 unspecified atom stereocenters. The molecule has 0 aliphatic heterocycles. The lowest BCUT2D eigenvalue weighted by Gasteiger charge is -2.09. The van der Waals surface area contributed by atoms with Gasteiger partial charge in [-0.25, -0.2) is 4.98 Å². The van der Waals surface area contributed by atoms with Crippen LogP contribution in [0.3, 0.4) is 0 Å². The molecule has 0 spiro atoms. The smallest absolute Gasteiger partial charge is 0.239 e. The lowest BCUT2D eigenvalue weighted by molar-refractivity contribution is -0.150. The SMILES string of the molecule is [2H]c1cc(C(F)(F)F)nc(C(F)(F)F)c1. The van der Waals surface area contributed by atoms with Gasteiger partial charge >= 0.3 is 12.4 Å². The molecule has 0 aromatic carbocycles. The third-order valence-corrected chi connectivity index (χ3v) is 1.26. The van der Waals surface area contributed by atoms with E-state index in [0.29, 0.717) is 0 Å². The van der Waals surface area contributed by atoms with Crippen LogP contribution in [0.1, 0.15) is 12.8 Å². The van der Waals surface area contributed by atoms with Crippen LogP contribution in [-0.2, 0) is 12.4 Å². The van der Waals surface area contributed by atoms with E-state index in [2.05, 4.69) is 4.98 Å². The summed E-state index contributed by atoms with van der Waals surface area (Å²) in [6, 6.07) is -0.422. The van der Waals surface area contributed by atoms with Crippen LogP contribution in [-0.4, -0.2) is 4.98 Å². The standard InChI is InChI=1S/C7H3F6N/c8-6(9,10)4-2-1-3-5(14-4)7(11,12)13/h1-3H/i1D. The van der Waals surface area contributed by atoms with E-state index in [4.69, 9.17) is 1.37 Å². The summed E-state index contributed by atoms with van der Waals surface area (Å²) in [5, 5.41) is 0. The van der Waals surface area contributed by atoms with E-state index in [1.807, 2.05) is 0 Å². The molecule has 0 saturated carbocycles. The normalized spacial score (nSPS) is 14.0. The van der Waals surface area contributed by atoms with Gasteiger partial charge in [0.05, 0.1) is 1.37 Å². The third-order valence-electron chi connectivity index (χ3n) is 1.26. The average molecular weight is 216 g/mol. The first-order chi connectivity index (χ1) is 6.60. The second-order valence-corrected chi connectivity index (χ2v) is 2.33. The fraction of sp³-hybridized carbons (Fsp3) is 0.286. The minimum atomic E-state index is -4.99. The molecule has 0 aliphatic carbocycles. The van der Waals surface area contributed by atoms with Crippen LogP contribution in [0.25, 0.3) is 0 Å². The predicted octanol–water partition coefficient (Wildman–Crippen LogP) is 3.12. The molecule has 0 amide bonds. The highest BCUT2D eigenvalue weighted by molar-refractivity contribution is 5.15. The van der Waals surface area contributed by atoms with Gasteiger partial charge in [-0.3, -0.25) is 0 Å². The van der Waals surface area contributed by atoms with Crippen molar-refractivity contribution in [2.45, 2.75) is 12.4 Å². The Balaban J connectivity index is 3.30. The van der Waals surface area contributed by atoms with Crippen molar-refractivity contribution in [3.63, 3.8) is 0 Å². The average Bonchev–Trinajstić information content (AvgIpc) is 1.99. The van der Waals surface area contributed by atoms with Crippen molar-refractivity contribution in [3.8, 4) is 0 Å². The van der Waals surface area contributed by atoms with E-state index in [1.165, 1.54) is 0 Å². The summed E-state index contributed by atoms with van der Waals surface area (Å²) in [5.41, 5.74) is -3.44. The fourth-order valence-electron chi connectivity index (χ4n) is 0.684. The van der Waals surface area contributed by atoms with E-state index in [-0.39, 0.29) is 12.1 Å². The van der Waals surface area contributed by atoms with E-state index in [1.54, 1.807) is 0 Å². The Morgan fingerprint density at radius 2 is 1.29 bits per heavy atom. The van der Waals surface area contributed by atoms with Gasteiger partial charge in [-0.05, 0) is 12.1 Å². The fourth-order valence-corrected chi connectivity index (χ4v) is 0.684. The summed E-state index contributed by atoms with van der Waals surface area (Å²) < 4.78 is 78.9. The van der Waals surface area contributed by atoms with Crippen molar-refractivity contribution in [2.75, 3.05) is 0 Å². The molecule has 1 heterocycles. The van der Waals surface area contributed by atoms with Crippen molar-refractivity contribution < 1.29 is 27.7 Å². The lowest BCUT2D eigenvalue weighted by Crippen LogP contribution is -2.14. The summed E-state index contributed by atoms with van der Waals surface area (Å²) in [6.45, 7) is 0. The molecule has 14 heavy (non-hydrogen) atoms. The van der Waals surface area contributed by atoms with Crippen LogP contribution in [0, 0.1) is 0 Å². The van der Waals surface area contributed by atoms with Gasteiger partial charge in [0.2, 0.25) is 0 Å². The summed E-state index contributed by atoms with van der Waals surface area (Å²) in [4.78, 5) is 2.41. The number of pyridine rings is 1. The molecule has 0 aliphatic rings. The highest BCUT2D eigenvalue weighted by Crippen LogP contribution is 2.32. The van der Waals surface area contributed by atoms with E-state index in [0.717, 1.165) is 0 Å². The second kappa shape index (κ2) is 3.14. The van der Waals surface area contributed by atoms with Gasteiger partial charge in [0.1, 0.15) is 11.4 Å². The number of halogens is 6. The summed E-state index contributed by atoms with van der Waals surface area (Å²) in [6.07, 6.45) is -9.98. The van der Waals surface area contributed by atoms with Gasteiger partial charge in [-0.1, -0.05) is 6.04 Å². The molecule has 1 nitrogen and oxygen atoms in total. The first-order valence-electron chi connectivity index (χ1n) is 3.74. The number of hydrogen-bond donors (Lipinski definition) is 0. The van der Waals surface area contributed by atoms with Crippen LogP contribution in [0.5, 0.6) is 0 Å². The van der Waals surface area contributed by atoms with Gasteiger partial charge in [-0.15, -0.1) is 0 Å². The van der Waals surface area contributed by atoms with Crippen LogP contribution >= 0.6 is 0 Å². The van der Waals surface area contributed by atoms with Gasteiger partial charge in [0.25, 0.3) is 0 Å². The Hall–Kier alpha value is -1.27. The third kappa shape index (κ3) is 2.36. The van der Waals surface area contributed by atoms with Crippen LogP contribution in [0.2, 0.25) is 0 Å². The second-order valence-electron chi connectivity index (χ2n) is 2.33. The Bertz CT molecular complexity index is 336. The number of nitrogens with zero attached hydrogens (tertiary/aromatic N) is 1. The van der Waals surface area contributed by atoms with Crippen molar-refractivity contribution in [1.82, 2.24) is 4.98 Å². The molecule has 7 heteroatoms. The molecular formula is C7H3F6N. The molecule has 0 radical (unpaired) electrons. The summed E-state index contributed by atoms with van der Waals surface area (Å²) >= 11 is 0. The quantitative estimate of drug-likeness (QED) is 0.607. The van der Waals surface area contributed by atoms with Gasteiger partial charge in [0, 0.05) is 0 Å². The van der Waals surface area contributed by atoms with Gasteiger partial charge in [-0.2, -0.15) is 26.3 Å². The topological polar surface area (TPSA) is 12.9 Å². The van der Waals surface area contributed by atoms with Crippen molar-refractivity contribution in [1.29, 1.82) is 0 Å². The molecule has 0 saturated heterocycles. The molecule has 1 aromatic heterocycles. The summed E-state index contributed by atoms with van der Waals surface area (Å²) in [7, 11) is 0. The Morgan fingerprint density at radius 1 is 0.929 bits per heavy atom. The van der Waals surface area contributed by atoms with Crippen LogP contribution < -0.4 is 0 Å². The minimum Gasteiger partial charge on any atom is -0.239 e. The number of rotatable bonds is 0. The predicted molar refractivity (Wildman–Crippen MR) is 34.2 cm³/mol. The monoisotopic (exact) mass is 216 g/mol. The molecule has 0 N–H and O–H groups in total. The maximum absolute atomic E-state index is 12.0. The first-order valence-corrected chi connectivity index (χ1v) is 3.24. The molecule has 1 aromatic rings. The molecule has 0 fully saturated rings. The largest absolute Gasteiger partial charge is 0.433 e. The highest BCUT2D eigenvalue weighted by atomic mass is 19.4. The molecule has 0 atom stereocenters. The van der Waals surface area contributed by atoms with Crippen molar-refractivity contribution in [3.05, 3.63) is 29.6 Å². The van der Waals surface area contributed by atoms with Gasteiger partial charge < -0.3 is 0 Å². The van der Waals surface area contributed by atoms with Crippen LogP contribution in [0.15, 0.2) is 18.2 Å². The molecular weight excluding hydrogens is 212 g/mol. The number of alkyl halides is 6. The Morgan fingerprint density at radius 3 is 1.57 bits per heavy atom.